The van der Waals surface area contributed by atoms with E-state index in [2.05, 4.69) is 0 Å². The van der Waals surface area contributed by atoms with Gasteiger partial charge >= 0.3 is 29.6 Å². The molecular formula is C10H13NaO5S. The van der Waals surface area contributed by atoms with Gasteiger partial charge in [-0.05, 0) is 18.6 Å². The van der Waals surface area contributed by atoms with Crippen molar-refractivity contribution < 1.29 is 22.5 Å². The Balaban J connectivity index is 0.00000256. The summed E-state index contributed by atoms with van der Waals surface area (Å²) in [5.41, 5.74) is 0.493. The van der Waals surface area contributed by atoms with Crippen LogP contribution in [-0.4, -0.2) is 61.2 Å². The molecule has 0 bridgehead atoms. The van der Waals surface area contributed by atoms with Crippen LogP contribution in [0.3, 0.4) is 0 Å². The van der Waals surface area contributed by atoms with Crippen molar-refractivity contribution in [2.24, 2.45) is 0 Å². The first-order chi connectivity index (χ1) is 7.51. The van der Waals surface area contributed by atoms with Gasteiger partial charge in [-0.3, -0.25) is 9.35 Å². The van der Waals surface area contributed by atoms with E-state index in [0.29, 0.717) is 17.6 Å². The molecule has 0 spiro atoms. The molecule has 7 heteroatoms. The Morgan fingerprint density at radius 3 is 2.65 bits per heavy atom. The van der Waals surface area contributed by atoms with Crippen molar-refractivity contribution in [2.45, 2.75) is 6.42 Å². The van der Waals surface area contributed by atoms with Crippen LogP contribution in [0.15, 0.2) is 24.3 Å². The fourth-order valence-corrected chi connectivity index (χ4v) is 1.59. The maximum atomic E-state index is 10.5. The Labute approximate surface area is 122 Å². The maximum absolute atomic E-state index is 10.5. The second-order valence-corrected chi connectivity index (χ2v) is 4.75. The topological polar surface area (TPSA) is 80.7 Å². The van der Waals surface area contributed by atoms with E-state index in [9.17, 15) is 13.2 Å². The van der Waals surface area contributed by atoms with Crippen molar-refractivity contribution >= 4 is 46.0 Å². The van der Waals surface area contributed by atoms with Crippen LogP contribution in [0.5, 0.6) is 5.75 Å². The zero-order valence-corrected chi connectivity index (χ0v) is 9.31. The van der Waals surface area contributed by atoms with Crippen molar-refractivity contribution in [3.05, 3.63) is 29.8 Å². The number of benzene rings is 1. The molecule has 0 heterocycles. The van der Waals surface area contributed by atoms with Crippen molar-refractivity contribution in [3.8, 4) is 5.75 Å². The molecule has 1 aromatic rings. The molecule has 5 nitrogen and oxygen atoms in total. The standard InChI is InChI=1S/C10H12O5S.Na.H/c11-8-9-3-1-4-10(7-9)15-5-2-6-16(12,13)14;;/h1,3-4,7-8H,2,5-6H2,(H,12,13,14);;. The Morgan fingerprint density at radius 1 is 1.35 bits per heavy atom. The number of carbonyl (C=O) groups is 1. The third kappa shape index (κ3) is 7.51. The zero-order chi connectivity index (χ0) is 12.0. The molecule has 0 saturated carbocycles. The van der Waals surface area contributed by atoms with Crippen LogP contribution in [0, 0.1) is 0 Å². The Hall–Kier alpha value is -0.400. The monoisotopic (exact) mass is 268 g/mol. The third-order valence-electron chi connectivity index (χ3n) is 1.81. The van der Waals surface area contributed by atoms with E-state index in [0.717, 1.165) is 0 Å². The summed E-state index contributed by atoms with van der Waals surface area (Å²) in [5, 5.41) is 0. The zero-order valence-electron chi connectivity index (χ0n) is 8.50. The Bertz CT molecular complexity index is 458. The van der Waals surface area contributed by atoms with Gasteiger partial charge in [-0.15, -0.1) is 0 Å². The van der Waals surface area contributed by atoms with Gasteiger partial charge in [0.05, 0.1) is 12.4 Å². The fraction of sp³-hybridized carbons (Fsp3) is 0.300. The molecule has 0 aromatic heterocycles. The van der Waals surface area contributed by atoms with Gasteiger partial charge in [0, 0.05) is 5.56 Å². The minimum absolute atomic E-state index is 0. The Morgan fingerprint density at radius 2 is 2.06 bits per heavy atom. The van der Waals surface area contributed by atoms with E-state index >= 15 is 0 Å². The van der Waals surface area contributed by atoms with Gasteiger partial charge in [-0.2, -0.15) is 8.42 Å². The van der Waals surface area contributed by atoms with Crippen LogP contribution >= 0.6 is 0 Å². The second kappa shape index (κ2) is 7.84. The summed E-state index contributed by atoms with van der Waals surface area (Å²) in [6.07, 6.45) is 0.898. The molecular weight excluding hydrogens is 255 g/mol. The van der Waals surface area contributed by atoms with Crippen LogP contribution in [-0.2, 0) is 10.1 Å². The molecule has 0 aliphatic carbocycles. The number of ether oxygens (including phenoxy) is 1. The summed E-state index contributed by atoms with van der Waals surface area (Å²) in [7, 11) is -3.93. The van der Waals surface area contributed by atoms with E-state index in [1.807, 2.05) is 0 Å². The molecule has 90 valence electrons. The second-order valence-electron chi connectivity index (χ2n) is 3.18. The average molecular weight is 268 g/mol. The van der Waals surface area contributed by atoms with Gasteiger partial charge in [0.15, 0.2) is 0 Å². The van der Waals surface area contributed by atoms with Crippen molar-refractivity contribution in [1.29, 1.82) is 0 Å². The number of hydrogen-bond acceptors (Lipinski definition) is 4. The van der Waals surface area contributed by atoms with Crippen molar-refractivity contribution in [2.75, 3.05) is 12.4 Å². The first-order valence-electron chi connectivity index (χ1n) is 4.64. The van der Waals surface area contributed by atoms with Gasteiger partial charge in [0.25, 0.3) is 10.1 Å². The van der Waals surface area contributed by atoms with Crippen LogP contribution < -0.4 is 4.74 Å². The molecule has 0 aliphatic heterocycles. The van der Waals surface area contributed by atoms with E-state index in [1.165, 1.54) is 0 Å². The van der Waals surface area contributed by atoms with Crippen LogP contribution in [0.4, 0.5) is 0 Å². The molecule has 0 saturated heterocycles. The molecule has 1 aromatic carbocycles. The predicted octanol–water partition coefficient (Wildman–Crippen LogP) is 0.507. The van der Waals surface area contributed by atoms with Gasteiger partial charge in [0.1, 0.15) is 12.0 Å². The minimum atomic E-state index is -3.93. The fourth-order valence-electron chi connectivity index (χ4n) is 1.11. The van der Waals surface area contributed by atoms with Gasteiger partial charge < -0.3 is 4.74 Å². The molecule has 0 atom stereocenters. The molecule has 0 unspecified atom stereocenters. The van der Waals surface area contributed by atoms with Crippen molar-refractivity contribution in [3.63, 3.8) is 0 Å². The van der Waals surface area contributed by atoms with Gasteiger partial charge in [-0.25, -0.2) is 0 Å². The summed E-state index contributed by atoms with van der Waals surface area (Å²) >= 11 is 0. The van der Waals surface area contributed by atoms with Crippen LogP contribution in [0.2, 0.25) is 0 Å². The first-order valence-corrected chi connectivity index (χ1v) is 6.25. The quantitative estimate of drug-likeness (QED) is 0.352. The summed E-state index contributed by atoms with van der Waals surface area (Å²) in [6.45, 7) is 0.169. The number of aldehydes is 1. The average Bonchev–Trinajstić information content (AvgIpc) is 2.23. The first kappa shape index (κ1) is 16.6. The molecule has 17 heavy (non-hydrogen) atoms. The third-order valence-corrected chi connectivity index (χ3v) is 2.61. The van der Waals surface area contributed by atoms with E-state index in [-0.39, 0.29) is 48.3 Å². The SMILES string of the molecule is O=Cc1cccc(OCCCS(=O)(=O)O)c1.[NaH]. The van der Waals surface area contributed by atoms with Gasteiger partial charge in [-0.1, -0.05) is 12.1 Å². The predicted molar refractivity (Wildman–Crippen MR) is 65.5 cm³/mol. The number of carbonyl (C=O) groups excluding carboxylic acids is 1. The van der Waals surface area contributed by atoms with E-state index in [1.54, 1.807) is 24.3 Å². The molecule has 0 radical (unpaired) electrons. The number of rotatable bonds is 6. The molecule has 0 fully saturated rings. The molecule has 0 amide bonds. The normalized spacial score (nSPS) is 10.4. The Kier molecular flexibility index (Phi) is 7.65. The number of hydrogen-bond donors (Lipinski definition) is 1. The summed E-state index contributed by atoms with van der Waals surface area (Å²) in [5.74, 6) is 0.167. The van der Waals surface area contributed by atoms with Crippen LogP contribution in [0.1, 0.15) is 16.8 Å². The molecule has 0 aliphatic rings. The van der Waals surface area contributed by atoms with E-state index in [4.69, 9.17) is 9.29 Å². The summed E-state index contributed by atoms with van der Waals surface area (Å²) in [4.78, 5) is 10.5. The van der Waals surface area contributed by atoms with E-state index < -0.39 is 10.1 Å². The van der Waals surface area contributed by atoms with Crippen LogP contribution in [0.25, 0.3) is 0 Å². The van der Waals surface area contributed by atoms with Gasteiger partial charge in [0.2, 0.25) is 0 Å². The summed E-state index contributed by atoms with van der Waals surface area (Å²) in [6, 6.07) is 6.53. The summed E-state index contributed by atoms with van der Waals surface area (Å²) < 4.78 is 34.5. The molecule has 1 rings (SSSR count). The molecule has 1 N–H and O–H groups in total. The van der Waals surface area contributed by atoms with Crippen molar-refractivity contribution in [1.82, 2.24) is 0 Å².